The van der Waals surface area contributed by atoms with Crippen LogP contribution in [0.4, 0.5) is 0 Å². The van der Waals surface area contributed by atoms with Gasteiger partial charge < -0.3 is 5.11 Å². The minimum absolute atomic E-state index is 0.373. The van der Waals surface area contributed by atoms with Gasteiger partial charge in [0.15, 0.2) is 0 Å². The standard InChI is InChI=1S/C17H37BO/c18-16-14-12-10-8-6-4-2-1-3-5-7-9-11-13-15-17-19/h19H,1-18H2. The fourth-order valence-electron chi connectivity index (χ4n) is 2.66. The molecule has 0 saturated heterocycles. The lowest BCUT2D eigenvalue weighted by atomic mass is 9.98. The fourth-order valence-corrected chi connectivity index (χ4v) is 2.66. The van der Waals surface area contributed by atoms with E-state index in [-0.39, 0.29) is 0 Å². The van der Waals surface area contributed by atoms with Gasteiger partial charge in [-0.2, -0.15) is 0 Å². The van der Waals surface area contributed by atoms with Crippen molar-refractivity contribution < 1.29 is 5.11 Å². The van der Waals surface area contributed by atoms with Crippen molar-refractivity contribution in [2.75, 3.05) is 6.61 Å². The van der Waals surface area contributed by atoms with Gasteiger partial charge in [-0.25, -0.2) is 0 Å². The number of aliphatic hydroxyl groups is 1. The highest BCUT2D eigenvalue weighted by atomic mass is 16.2. The largest absolute Gasteiger partial charge is 0.396 e. The van der Waals surface area contributed by atoms with Gasteiger partial charge in [0.1, 0.15) is 7.85 Å². The van der Waals surface area contributed by atoms with E-state index in [1.807, 2.05) is 0 Å². The summed E-state index contributed by atoms with van der Waals surface area (Å²) in [6.45, 7) is 0.373. The Morgan fingerprint density at radius 2 is 0.684 bits per heavy atom. The van der Waals surface area contributed by atoms with Gasteiger partial charge in [-0.3, -0.25) is 0 Å². The summed E-state index contributed by atoms with van der Waals surface area (Å²) in [6, 6.07) is 0. The predicted octanol–water partition coefficient (Wildman–Crippen LogP) is 4.88. The average molecular weight is 268 g/mol. The van der Waals surface area contributed by atoms with Crippen molar-refractivity contribution in [2.45, 2.75) is 103 Å². The van der Waals surface area contributed by atoms with Gasteiger partial charge in [-0.15, -0.1) is 0 Å². The van der Waals surface area contributed by atoms with E-state index in [1.54, 1.807) is 0 Å². The van der Waals surface area contributed by atoms with Crippen molar-refractivity contribution in [3.63, 3.8) is 0 Å². The molecule has 114 valence electrons. The van der Waals surface area contributed by atoms with Gasteiger partial charge in [-0.05, 0) is 6.42 Å². The third kappa shape index (κ3) is 18.0. The molecule has 0 bridgehead atoms. The quantitative estimate of drug-likeness (QED) is 0.312. The second-order valence-corrected chi connectivity index (χ2v) is 6.03. The fraction of sp³-hybridized carbons (Fsp3) is 1.00. The van der Waals surface area contributed by atoms with Crippen molar-refractivity contribution in [1.82, 2.24) is 0 Å². The molecule has 0 unspecified atom stereocenters. The normalized spacial score (nSPS) is 11.0. The SMILES string of the molecule is BCCCCCCCCCCCCCCCCCO. The van der Waals surface area contributed by atoms with Crippen molar-refractivity contribution in [3.8, 4) is 0 Å². The molecule has 2 heteroatoms. The molecule has 19 heavy (non-hydrogen) atoms. The van der Waals surface area contributed by atoms with Crippen LogP contribution in [0.3, 0.4) is 0 Å². The summed E-state index contributed by atoms with van der Waals surface area (Å²) in [6.07, 6.45) is 22.2. The molecule has 0 aromatic heterocycles. The second kappa shape index (κ2) is 18.0. The molecule has 1 nitrogen and oxygen atoms in total. The number of unbranched alkanes of at least 4 members (excludes halogenated alkanes) is 14. The van der Waals surface area contributed by atoms with Gasteiger partial charge in [0, 0.05) is 6.61 Å². The molecule has 0 aliphatic rings. The van der Waals surface area contributed by atoms with Crippen LogP contribution in [0.15, 0.2) is 0 Å². The summed E-state index contributed by atoms with van der Waals surface area (Å²) < 4.78 is 0. The molecule has 0 atom stereocenters. The van der Waals surface area contributed by atoms with Crippen LogP contribution in [0.5, 0.6) is 0 Å². The third-order valence-electron chi connectivity index (χ3n) is 4.01. The Labute approximate surface area is 123 Å². The maximum absolute atomic E-state index is 8.67. The monoisotopic (exact) mass is 268 g/mol. The van der Waals surface area contributed by atoms with Crippen LogP contribution >= 0.6 is 0 Å². The number of aliphatic hydroxyl groups excluding tert-OH is 1. The van der Waals surface area contributed by atoms with Crippen molar-refractivity contribution in [3.05, 3.63) is 0 Å². The summed E-state index contributed by atoms with van der Waals surface area (Å²) in [5, 5.41) is 8.67. The van der Waals surface area contributed by atoms with E-state index >= 15 is 0 Å². The van der Waals surface area contributed by atoms with Crippen LogP contribution in [-0.4, -0.2) is 19.6 Å². The first kappa shape index (κ1) is 19.0. The van der Waals surface area contributed by atoms with Crippen LogP contribution in [0.2, 0.25) is 6.32 Å². The Balaban J connectivity index is 2.88. The summed E-state index contributed by atoms with van der Waals surface area (Å²) in [5.41, 5.74) is 0. The van der Waals surface area contributed by atoms with Gasteiger partial charge in [-0.1, -0.05) is 96.2 Å². The van der Waals surface area contributed by atoms with E-state index < -0.39 is 0 Å². The molecule has 0 fully saturated rings. The summed E-state index contributed by atoms with van der Waals surface area (Å²) in [7, 11) is 2.28. The third-order valence-corrected chi connectivity index (χ3v) is 4.01. The van der Waals surface area contributed by atoms with Crippen LogP contribution < -0.4 is 0 Å². The molecular formula is C17H37BO. The van der Waals surface area contributed by atoms with Crippen molar-refractivity contribution in [2.24, 2.45) is 0 Å². The lowest BCUT2D eigenvalue weighted by Crippen LogP contribution is -1.85. The molecule has 0 saturated carbocycles. The Bertz CT molecular complexity index is 134. The molecule has 0 heterocycles. The molecule has 0 aromatic carbocycles. The number of rotatable bonds is 16. The lowest BCUT2D eigenvalue weighted by Gasteiger charge is -2.03. The highest BCUT2D eigenvalue weighted by molar-refractivity contribution is 6.08. The molecule has 0 amide bonds. The Kier molecular flexibility index (Phi) is 18.0. The minimum Gasteiger partial charge on any atom is -0.396 e. The molecule has 0 aliphatic carbocycles. The maximum Gasteiger partial charge on any atom is 0.101 e. The zero-order valence-electron chi connectivity index (χ0n) is 13.5. The van der Waals surface area contributed by atoms with E-state index in [1.165, 1.54) is 96.2 Å². The smallest absolute Gasteiger partial charge is 0.101 e. The van der Waals surface area contributed by atoms with E-state index in [2.05, 4.69) is 7.85 Å². The van der Waals surface area contributed by atoms with E-state index in [0.29, 0.717) is 6.61 Å². The molecule has 1 N–H and O–H groups in total. The molecule has 0 aromatic rings. The van der Waals surface area contributed by atoms with Crippen molar-refractivity contribution in [1.29, 1.82) is 0 Å². The van der Waals surface area contributed by atoms with E-state index in [4.69, 9.17) is 5.11 Å². The van der Waals surface area contributed by atoms with Gasteiger partial charge in [0.2, 0.25) is 0 Å². The molecule has 0 radical (unpaired) electrons. The molecular weight excluding hydrogens is 231 g/mol. The van der Waals surface area contributed by atoms with Crippen LogP contribution in [0.1, 0.15) is 96.3 Å². The lowest BCUT2D eigenvalue weighted by molar-refractivity contribution is 0.282. The number of hydrogen-bond donors (Lipinski definition) is 1. The summed E-state index contributed by atoms with van der Waals surface area (Å²) in [4.78, 5) is 0. The van der Waals surface area contributed by atoms with E-state index in [9.17, 15) is 0 Å². The molecule has 0 rings (SSSR count). The number of hydrogen-bond acceptors (Lipinski definition) is 1. The summed E-state index contributed by atoms with van der Waals surface area (Å²) in [5.74, 6) is 0. The minimum atomic E-state index is 0.373. The Morgan fingerprint density at radius 1 is 0.421 bits per heavy atom. The highest BCUT2D eigenvalue weighted by Gasteiger charge is 1.94. The topological polar surface area (TPSA) is 20.2 Å². The second-order valence-electron chi connectivity index (χ2n) is 6.03. The van der Waals surface area contributed by atoms with Crippen LogP contribution in [0, 0.1) is 0 Å². The first-order valence-electron chi connectivity index (χ1n) is 9.02. The predicted molar refractivity (Wildman–Crippen MR) is 89.7 cm³/mol. The van der Waals surface area contributed by atoms with Gasteiger partial charge >= 0.3 is 0 Å². The Hall–Kier alpha value is 0.0249. The summed E-state index contributed by atoms with van der Waals surface area (Å²) >= 11 is 0. The maximum atomic E-state index is 8.67. The first-order chi connectivity index (χ1) is 9.41. The first-order valence-corrected chi connectivity index (χ1v) is 9.02. The van der Waals surface area contributed by atoms with Crippen molar-refractivity contribution >= 4 is 7.85 Å². The van der Waals surface area contributed by atoms with Crippen LogP contribution in [-0.2, 0) is 0 Å². The zero-order chi connectivity index (χ0) is 14.0. The zero-order valence-corrected chi connectivity index (χ0v) is 13.5. The highest BCUT2D eigenvalue weighted by Crippen LogP contribution is 2.13. The molecule has 0 spiro atoms. The van der Waals surface area contributed by atoms with Gasteiger partial charge in [0.05, 0.1) is 0 Å². The average Bonchev–Trinajstić information content (AvgIpc) is 2.43. The Morgan fingerprint density at radius 3 is 0.947 bits per heavy atom. The molecule has 0 aliphatic heterocycles. The van der Waals surface area contributed by atoms with E-state index in [0.717, 1.165) is 6.42 Å². The van der Waals surface area contributed by atoms with Crippen LogP contribution in [0.25, 0.3) is 0 Å². The van der Waals surface area contributed by atoms with Gasteiger partial charge in [0.25, 0.3) is 0 Å².